The van der Waals surface area contributed by atoms with Crippen molar-refractivity contribution in [1.82, 2.24) is 15.3 Å². The summed E-state index contributed by atoms with van der Waals surface area (Å²) in [6, 6.07) is 7.25. The van der Waals surface area contributed by atoms with E-state index in [2.05, 4.69) is 21.4 Å². The second kappa shape index (κ2) is 7.94. The van der Waals surface area contributed by atoms with Crippen LogP contribution in [0.3, 0.4) is 0 Å². The molecule has 0 spiro atoms. The molecule has 1 aromatic heterocycles. The highest BCUT2D eigenvalue weighted by atomic mass is 35.5. The summed E-state index contributed by atoms with van der Waals surface area (Å²) in [6.07, 6.45) is 6.51. The molecule has 2 aromatic rings. The second-order valence-electron chi connectivity index (χ2n) is 7.65. The standard InChI is InChI=1S/C21H20ClFN4O/c22-20-11-25-18(10-26-20)14-2-1-13(17(23)8-14)5-12(9-24)6-19(28)21-15-3-4-16(7-15)27-21/h1-2,8,10-12,15-16,21,27H,3-7H2/t12?,15-,16+,21-/m0/s1. The summed E-state index contributed by atoms with van der Waals surface area (Å²) in [5.74, 6) is -0.482. The highest BCUT2D eigenvalue weighted by Crippen LogP contribution is 2.36. The van der Waals surface area contributed by atoms with Crippen molar-refractivity contribution in [2.24, 2.45) is 11.8 Å². The number of hydrogen-bond donors (Lipinski definition) is 1. The summed E-state index contributed by atoms with van der Waals surface area (Å²) >= 11 is 5.73. The van der Waals surface area contributed by atoms with Crippen LogP contribution in [0, 0.1) is 29.0 Å². The van der Waals surface area contributed by atoms with Crippen LogP contribution in [0.25, 0.3) is 11.3 Å². The predicted octanol–water partition coefficient (Wildman–Crippen LogP) is 3.72. The van der Waals surface area contributed by atoms with Gasteiger partial charge in [0, 0.05) is 18.0 Å². The minimum Gasteiger partial charge on any atom is -0.304 e. The zero-order valence-electron chi connectivity index (χ0n) is 15.2. The number of piperidine rings is 1. The third-order valence-electron chi connectivity index (χ3n) is 5.77. The zero-order chi connectivity index (χ0) is 19.7. The highest BCUT2D eigenvalue weighted by Gasteiger charge is 2.42. The summed E-state index contributed by atoms with van der Waals surface area (Å²) in [5.41, 5.74) is 1.52. The zero-order valence-corrected chi connectivity index (χ0v) is 16.0. The average molecular weight is 399 g/mol. The Morgan fingerprint density at radius 1 is 1.36 bits per heavy atom. The number of rotatable bonds is 6. The number of fused-ring (bicyclic) bond motifs is 2. The topological polar surface area (TPSA) is 78.7 Å². The van der Waals surface area contributed by atoms with Gasteiger partial charge in [-0.3, -0.25) is 9.78 Å². The van der Waals surface area contributed by atoms with Gasteiger partial charge < -0.3 is 5.32 Å². The van der Waals surface area contributed by atoms with Crippen molar-refractivity contribution in [3.63, 3.8) is 0 Å². The quantitative estimate of drug-likeness (QED) is 0.802. The van der Waals surface area contributed by atoms with Crippen LogP contribution in [0.2, 0.25) is 5.15 Å². The number of benzene rings is 1. The molecule has 2 heterocycles. The Kier molecular flexibility index (Phi) is 5.38. The molecule has 0 amide bonds. The van der Waals surface area contributed by atoms with E-state index in [1.165, 1.54) is 18.5 Å². The summed E-state index contributed by atoms with van der Waals surface area (Å²) < 4.78 is 14.6. The first-order chi connectivity index (χ1) is 13.5. The van der Waals surface area contributed by atoms with Crippen molar-refractivity contribution in [3.05, 3.63) is 47.1 Å². The molecule has 2 fully saturated rings. The molecular formula is C21H20ClFN4O. The number of carbonyl (C=O) groups is 1. The van der Waals surface area contributed by atoms with Gasteiger partial charge in [0.1, 0.15) is 11.0 Å². The maximum atomic E-state index is 14.6. The largest absolute Gasteiger partial charge is 0.304 e. The number of halogens is 2. The van der Waals surface area contributed by atoms with Crippen LogP contribution in [-0.2, 0) is 11.2 Å². The van der Waals surface area contributed by atoms with E-state index in [0.29, 0.717) is 28.8 Å². The Hall–Kier alpha value is -2.36. The first-order valence-electron chi connectivity index (χ1n) is 9.48. The van der Waals surface area contributed by atoms with Crippen LogP contribution in [0.4, 0.5) is 4.39 Å². The molecule has 144 valence electrons. The molecule has 1 unspecified atom stereocenters. The van der Waals surface area contributed by atoms with E-state index in [1.807, 2.05) is 0 Å². The molecule has 2 bridgehead atoms. The number of nitrogens with zero attached hydrogens (tertiary/aromatic N) is 3. The molecule has 5 nitrogen and oxygen atoms in total. The Balaban J connectivity index is 1.42. The van der Waals surface area contributed by atoms with E-state index < -0.39 is 11.7 Å². The van der Waals surface area contributed by atoms with Crippen LogP contribution in [-0.4, -0.2) is 27.8 Å². The first-order valence-corrected chi connectivity index (χ1v) is 9.86. The molecular weight excluding hydrogens is 379 g/mol. The van der Waals surface area contributed by atoms with E-state index >= 15 is 0 Å². The van der Waals surface area contributed by atoms with Crippen molar-refractivity contribution in [1.29, 1.82) is 5.26 Å². The van der Waals surface area contributed by atoms with Crippen molar-refractivity contribution < 1.29 is 9.18 Å². The summed E-state index contributed by atoms with van der Waals surface area (Å²) in [6.45, 7) is 0. The lowest BCUT2D eigenvalue weighted by Crippen LogP contribution is -2.42. The highest BCUT2D eigenvalue weighted by molar-refractivity contribution is 6.29. The third-order valence-corrected chi connectivity index (χ3v) is 5.97. The minimum absolute atomic E-state index is 0.0761. The van der Waals surface area contributed by atoms with Gasteiger partial charge in [-0.05, 0) is 43.2 Å². The molecule has 4 rings (SSSR count). The van der Waals surface area contributed by atoms with E-state index in [1.54, 1.807) is 12.1 Å². The summed E-state index contributed by atoms with van der Waals surface area (Å²) in [7, 11) is 0. The van der Waals surface area contributed by atoms with Crippen molar-refractivity contribution in [2.45, 2.75) is 44.2 Å². The number of ketones is 1. The van der Waals surface area contributed by atoms with Gasteiger partial charge in [-0.15, -0.1) is 0 Å². The van der Waals surface area contributed by atoms with E-state index in [0.717, 1.165) is 19.3 Å². The lowest BCUT2D eigenvalue weighted by molar-refractivity contribution is -0.122. The molecule has 1 aromatic carbocycles. The number of nitrogens with one attached hydrogen (secondary N) is 1. The van der Waals surface area contributed by atoms with E-state index in [-0.39, 0.29) is 29.8 Å². The Morgan fingerprint density at radius 3 is 2.82 bits per heavy atom. The van der Waals surface area contributed by atoms with E-state index in [9.17, 15) is 14.4 Å². The third kappa shape index (κ3) is 3.91. The molecule has 2 aliphatic rings. The monoisotopic (exact) mass is 398 g/mol. The number of nitriles is 1. The molecule has 1 N–H and O–H groups in total. The van der Waals surface area contributed by atoms with Gasteiger partial charge in [0.25, 0.3) is 0 Å². The normalized spacial score (nSPS) is 24.1. The van der Waals surface area contributed by atoms with Gasteiger partial charge in [0.05, 0.1) is 36.1 Å². The molecule has 1 aliphatic carbocycles. The molecule has 1 saturated carbocycles. The Labute approximate surface area is 168 Å². The van der Waals surface area contributed by atoms with Crippen LogP contribution < -0.4 is 5.32 Å². The fourth-order valence-electron chi connectivity index (χ4n) is 4.35. The fourth-order valence-corrected chi connectivity index (χ4v) is 4.45. The average Bonchev–Trinajstić information content (AvgIpc) is 3.33. The fraction of sp³-hybridized carbons (Fsp3) is 0.429. The van der Waals surface area contributed by atoms with Gasteiger partial charge in [-0.1, -0.05) is 23.7 Å². The van der Waals surface area contributed by atoms with Crippen LogP contribution in [0.1, 0.15) is 31.2 Å². The number of Topliss-reactive ketones (excluding diaryl/α,β-unsaturated/α-hetero) is 1. The predicted molar refractivity (Wildman–Crippen MR) is 103 cm³/mol. The minimum atomic E-state index is -0.538. The Morgan fingerprint density at radius 2 is 2.21 bits per heavy atom. The first kappa shape index (κ1) is 19.0. The summed E-state index contributed by atoms with van der Waals surface area (Å²) in [5, 5.41) is 13.1. The summed E-state index contributed by atoms with van der Waals surface area (Å²) in [4.78, 5) is 20.7. The van der Waals surface area contributed by atoms with Gasteiger partial charge in [-0.2, -0.15) is 5.26 Å². The molecule has 7 heteroatoms. The lowest BCUT2D eigenvalue weighted by atomic mass is 9.88. The van der Waals surface area contributed by atoms with Gasteiger partial charge in [0.2, 0.25) is 0 Å². The lowest BCUT2D eigenvalue weighted by Gasteiger charge is -2.22. The second-order valence-corrected chi connectivity index (χ2v) is 8.03. The van der Waals surface area contributed by atoms with Crippen LogP contribution >= 0.6 is 11.6 Å². The van der Waals surface area contributed by atoms with Gasteiger partial charge in [0.15, 0.2) is 5.78 Å². The molecule has 4 atom stereocenters. The van der Waals surface area contributed by atoms with Crippen molar-refractivity contribution >= 4 is 17.4 Å². The molecule has 0 radical (unpaired) electrons. The van der Waals surface area contributed by atoms with E-state index in [4.69, 9.17) is 11.6 Å². The maximum absolute atomic E-state index is 14.6. The number of hydrogen-bond acceptors (Lipinski definition) is 5. The number of carbonyl (C=O) groups excluding carboxylic acids is 1. The van der Waals surface area contributed by atoms with Crippen molar-refractivity contribution in [3.8, 4) is 17.3 Å². The maximum Gasteiger partial charge on any atom is 0.151 e. The molecule has 1 saturated heterocycles. The van der Waals surface area contributed by atoms with Gasteiger partial charge >= 0.3 is 0 Å². The Bertz CT molecular complexity index is 927. The van der Waals surface area contributed by atoms with Crippen LogP contribution in [0.15, 0.2) is 30.6 Å². The van der Waals surface area contributed by atoms with Crippen molar-refractivity contribution in [2.75, 3.05) is 0 Å². The smallest absolute Gasteiger partial charge is 0.151 e. The SMILES string of the molecule is N#CC(CC(=O)[C@H]1N[C@@H]2CC[C@H]1C2)Cc1ccc(-c2cnc(Cl)cn2)cc1F. The van der Waals surface area contributed by atoms with Crippen LogP contribution in [0.5, 0.6) is 0 Å². The molecule has 1 aliphatic heterocycles. The number of aromatic nitrogens is 2. The molecule has 28 heavy (non-hydrogen) atoms. The van der Waals surface area contributed by atoms with Gasteiger partial charge in [-0.25, -0.2) is 9.37 Å².